The van der Waals surface area contributed by atoms with E-state index in [1.807, 2.05) is 99.6 Å². The summed E-state index contributed by atoms with van der Waals surface area (Å²) in [7, 11) is -0.589. The number of halogens is 1. The Labute approximate surface area is 372 Å². The molecule has 12 nitrogen and oxygen atoms in total. The lowest BCUT2D eigenvalue weighted by Crippen LogP contribution is -2.41. The van der Waals surface area contributed by atoms with Crippen molar-refractivity contribution < 1.29 is 18.9 Å². The van der Waals surface area contributed by atoms with Gasteiger partial charge < -0.3 is 39.0 Å². The second-order valence-electron chi connectivity index (χ2n) is 18.3. The smallest absolute Gasteiger partial charge is 0.399 e. The van der Waals surface area contributed by atoms with E-state index < -0.39 is 18.3 Å². The molecule has 1 fully saturated rings. The van der Waals surface area contributed by atoms with Crippen molar-refractivity contribution in [1.29, 1.82) is 0 Å². The summed E-state index contributed by atoms with van der Waals surface area (Å²) in [5.41, 5.74) is 9.15. The van der Waals surface area contributed by atoms with E-state index in [0.717, 1.165) is 65.4 Å². The van der Waals surface area contributed by atoms with E-state index >= 15 is 0 Å². The number of amides is 2. The van der Waals surface area contributed by atoms with Gasteiger partial charge in [0.05, 0.1) is 22.3 Å². The number of pyridine rings is 2. The van der Waals surface area contributed by atoms with Crippen LogP contribution in [-0.2, 0) is 22.4 Å². The van der Waals surface area contributed by atoms with Crippen molar-refractivity contribution >= 4 is 62.1 Å². The lowest BCUT2D eigenvalue weighted by atomic mass is 9.77. The van der Waals surface area contributed by atoms with Gasteiger partial charge in [-0.15, -0.1) is 0 Å². The molecule has 14 heteroatoms. The third kappa shape index (κ3) is 9.14. The number of nitrogens with one attached hydrogen (secondary N) is 4. The minimum atomic E-state index is -0.589. The van der Waals surface area contributed by atoms with Crippen LogP contribution in [0.25, 0.3) is 21.8 Å². The molecule has 1 aliphatic heterocycles. The molecule has 6 aromatic rings. The van der Waals surface area contributed by atoms with E-state index in [1.165, 1.54) is 0 Å². The Morgan fingerprint density at radius 3 is 1.45 bits per heavy atom. The van der Waals surface area contributed by atoms with Crippen molar-refractivity contribution in [1.82, 2.24) is 29.7 Å². The Morgan fingerprint density at radius 1 is 0.645 bits per heavy atom. The molecule has 4 aromatic heterocycles. The first-order valence-corrected chi connectivity index (χ1v) is 22.0. The van der Waals surface area contributed by atoms with Gasteiger partial charge in [-0.2, -0.15) is 0 Å². The number of aryl methyl sites for hydroxylation is 6. The van der Waals surface area contributed by atoms with E-state index in [2.05, 4.69) is 91.8 Å². The molecule has 0 atom stereocenters. The van der Waals surface area contributed by atoms with Crippen molar-refractivity contribution in [3.05, 3.63) is 130 Å². The van der Waals surface area contributed by atoms with Crippen LogP contribution in [0.2, 0.25) is 0 Å². The number of H-pyrrole nitrogens is 2. The fourth-order valence-electron chi connectivity index (χ4n) is 8.22. The zero-order valence-corrected chi connectivity index (χ0v) is 40.1. The lowest BCUT2D eigenvalue weighted by molar-refractivity contribution is 0.00578. The largest absolute Gasteiger partial charge is 0.494 e. The number of carbonyl (C=O) groups excluding carboxylic acids is 2. The van der Waals surface area contributed by atoms with E-state index in [-0.39, 0.29) is 42.1 Å². The van der Waals surface area contributed by atoms with Crippen molar-refractivity contribution in [3.8, 4) is 0 Å². The molecule has 1 aliphatic rings. The maximum absolute atomic E-state index is 13.6. The SMILES string of the molecule is Cc1cc(C)c(CNC(=O)c2cc(B3OC(C)(C)C(C)(C)O3)cc3c2c(C)cn3C(C)C)c(=O)[nH]1.Cc1cc(C)c(CNC(=O)c2cc(Br)cc3c2c(C)cn3C(C)C)c(=O)[nH]1. The van der Waals surface area contributed by atoms with Gasteiger partial charge in [-0.25, -0.2) is 0 Å². The minimum Gasteiger partial charge on any atom is -0.399 e. The maximum Gasteiger partial charge on any atom is 0.494 e. The topological polar surface area (TPSA) is 152 Å². The van der Waals surface area contributed by atoms with E-state index in [0.29, 0.717) is 28.3 Å². The summed E-state index contributed by atoms with van der Waals surface area (Å²) >= 11 is 3.52. The van der Waals surface area contributed by atoms with Gasteiger partial charge in [0, 0.05) is 86.4 Å². The average molecular weight is 908 g/mol. The summed E-state index contributed by atoms with van der Waals surface area (Å²) in [5.74, 6) is -0.428. The van der Waals surface area contributed by atoms with E-state index in [4.69, 9.17) is 9.31 Å². The summed E-state index contributed by atoms with van der Waals surface area (Å²) in [6, 6.07) is 12.1. The van der Waals surface area contributed by atoms with Crippen LogP contribution in [0.15, 0.2) is 62.9 Å². The highest BCUT2D eigenvalue weighted by Gasteiger charge is 2.52. The molecule has 0 radical (unpaired) electrons. The summed E-state index contributed by atoms with van der Waals surface area (Å²) in [5, 5.41) is 7.73. The van der Waals surface area contributed by atoms with Crippen LogP contribution in [0.3, 0.4) is 0 Å². The predicted molar refractivity (Wildman–Crippen MR) is 253 cm³/mol. The molecule has 7 rings (SSSR count). The monoisotopic (exact) mass is 906 g/mol. The second-order valence-corrected chi connectivity index (χ2v) is 19.2. The van der Waals surface area contributed by atoms with Crippen LogP contribution in [0.1, 0.15) is 133 Å². The van der Waals surface area contributed by atoms with Gasteiger partial charge in [0.25, 0.3) is 22.9 Å². The Balaban J connectivity index is 0.000000214. The van der Waals surface area contributed by atoms with Crippen molar-refractivity contribution in [2.24, 2.45) is 0 Å². The first-order chi connectivity index (χ1) is 28.9. The van der Waals surface area contributed by atoms with E-state index in [1.54, 1.807) is 0 Å². The van der Waals surface area contributed by atoms with Gasteiger partial charge in [0.2, 0.25) is 0 Å². The molecular weight excluding hydrogens is 847 g/mol. The second kappa shape index (κ2) is 17.5. The molecule has 2 amide bonds. The van der Waals surface area contributed by atoms with Crippen molar-refractivity contribution in [3.63, 3.8) is 0 Å². The number of benzene rings is 2. The van der Waals surface area contributed by atoms with Crippen molar-refractivity contribution in [2.45, 2.75) is 133 Å². The zero-order valence-electron chi connectivity index (χ0n) is 38.5. The van der Waals surface area contributed by atoms with Crippen LogP contribution in [0.5, 0.6) is 0 Å². The van der Waals surface area contributed by atoms with Crippen LogP contribution in [0, 0.1) is 41.5 Å². The van der Waals surface area contributed by atoms with Gasteiger partial charge in [0.1, 0.15) is 0 Å². The molecule has 2 aromatic carbocycles. The quantitative estimate of drug-likeness (QED) is 0.107. The third-order valence-corrected chi connectivity index (χ3v) is 12.7. The summed E-state index contributed by atoms with van der Waals surface area (Å²) < 4.78 is 17.8. The number of hydrogen-bond acceptors (Lipinski definition) is 6. The molecule has 0 unspecified atom stereocenters. The number of fused-ring (bicyclic) bond motifs is 2. The summed E-state index contributed by atoms with van der Waals surface area (Å²) in [4.78, 5) is 56.8. The molecule has 62 heavy (non-hydrogen) atoms. The number of aromatic nitrogens is 4. The number of rotatable bonds is 9. The zero-order chi connectivity index (χ0) is 45.7. The maximum atomic E-state index is 13.6. The summed E-state index contributed by atoms with van der Waals surface area (Å²) in [6.07, 6.45) is 4.16. The molecule has 5 heterocycles. The fraction of sp³-hybridized carbons (Fsp3) is 0.417. The highest BCUT2D eigenvalue weighted by molar-refractivity contribution is 9.10. The lowest BCUT2D eigenvalue weighted by Gasteiger charge is -2.32. The molecule has 0 saturated carbocycles. The number of aromatic amines is 2. The summed E-state index contributed by atoms with van der Waals surface area (Å²) in [6.45, 7) is 28.4. The minimum absolute atomic E-state index is 0.145. The van der Waals surface area contributed by atoms with Gasteiger partial charge in [0.15, 0.2) is 0 Å². The van der Waals surface area contributed by atoms with Crippen LogP contribution in [0.4, 0.5) is 0 Å². The van der Waals surface area contributed by atoms with Crippen molar-refractivity contribution in [2.75, 3.05) is 0 Å². The Bertz CT molecular complexity index is 2830. The molecule has 0 aliphatic carbocycles. The van der Waals surface area contributed by atoms with Gasteiger partial charge in [-0.1, -0.05) is 15.9 Å². The Morgan fingerprint density at radius 2 is 1.05 bits per heavy atom. The number of carbonyl (C=O) groups is 2. The highest BCUT2D eigenvalue weighted by Crippen LogP contribution is 2.37. The molecule has 4 N–H and O–H groups in total. The van der Waals surface area contributed by atoms with Crippen LogP contribution in [-0.4, -0.2) is 49.2 Å². The van der Waals surface area contributed by atoms with Gasteiger partial charge in [-0.05, 0) is 161 Å². The standard InChI is InChI=1S/C27H36BN3O4.C21H24BrN3O2/c1-15(2)31-14-17(4)23-20(24(32)29-13-21-16(3)10-18(5)30-25(21)33)11-19(12-22(23)31)28-34-26(6,7)27(8,9)35-28;1-11(2)25-10-13(4)19-16(7-15(22)8-18(19)25)20(26)23-9-17-12(3)6-14(5)24-21(17)27/h10-12,14-15H,13H2,1-9H3,(H,29,32)(H,30,33);6-8,10-11H,9H2,1-5H3,(H,23,26)(H,24,27). The van der Waals surface area contributed by atoms with Crippen LogP contribution < -0.4 is 27.2 Å². The fourth-order valence-corrected chi connectivity index (χ4v) is 8.67. The number of nitrogens with zero attached hydrogens (tertiary/aromatic N) is 2. The average Bonchev–Trinajstić information content (AvgIpc) is 3.76. The highest BCUT2D eigenvalue weighted by atomic mass is 79.9. The van der Waals surface area contributed by atoms with Crippen LogP contribution >= 0.6 is 15.9 Å². The van der Waals surface area contributed by atoms with Gasteiger partial charge >= 0.3 is 7.12 Å². The Hall–Kier alpha value is -5.18. The molecule has 328 valence electrons. The normalized spacial score (nSPS) is 14.5. The molecule has 0 spiro atoms. The molecule has 1 saturated heterocycles. The Kier molecular flexibility index (Phi) is 13.1. The first-order valence-electron chi connectivity index (χ1n) is 21.2. The van der Waals surface area contributed by atoms with Gasteiger partial charge in [-0.3, -0.25) is 19.2 Å². The first kappa shape index (κ1) is 46.3. The van der Waals surface area contributed by atoms with E-state index in [9.17, 15) is 19.2 Å². The third-order valence-electron chi connectivity index (χ3n) is 12.2. The number of hydrogen-bond donors (Lipinski definition) is 4. The molecule has 0 bridgehead atoms. The molecular formula is C48H60BBrN6O6. The predicted octanol–water partition coefficient (Wildman–Crippen LogP) is 8.59.